The highest BCUT2D eigenvalue weighted by atomic mass is 19.1. The van der Waals surface area contributed by atoms with E-state index in [1.807, 2.05) is 13.0 Å². The van der Waals surface area contributed by atoms with Crippen molar-refractivity contribution in [1.82, 2.24) is 10.2 Å². The SMILES string of the molecule is Cc1ccc(F)c([C@H](CCF)N2CCNCC2)c1. The molecule has 0 saturated carbocycles. The maximum absolute atomic E-state index is 13.9. The molecule has 4 heteroatoms. The molecule has 1 saturated heterocycles. The Hall–Kier alpha value is -1.00. The molecule has 1 aliphatic rings. The van der Waals surface area contributed by atoms with E-state index >= 15 is 0 Å². The monoisotopic (exact) mass is 254 g/mol. The minimum absolute atomic E-state index is 0.142. The lowest BCUT2D eigenvalue weighted by atomic mass is 9.99. The van der Waals surface area contributed by atoms with Crippen molar-refractivity contribution in [2.24, 2.45) is 0 Å². The highest BCUT2D eigenvalue weighted by molar-refractivity contribution is 5.27. The van der Waals surface area contributed by atoms with Crippen LogP contribution in [0.3, 0.4) is 0 Å². The number of benzene rings is 1. The lowest BCUT2D eigenvalue weighted by molar-refractivity contribution is 0.154. The molecular formula is C14H20F2N2. The molecule has 0 spiro atoms. The van der Waals surface area contributed by atoms with E-state index in [1.165, 1.54) is 6.07 Å². The minimum atomic E-state index is -0.415. The largest absolute Gasteiger partial charge is 0.314 e. The molecule has 1 heterocycles. The first kappa shape index (κ1) is 13.4. The van der Waals surface area contributed by atoms with Gasteiger partial charge >= 0.3 is 0 Å². The van der Waals surface area contributed by atoms with Gasteiger partial charge in [0.1, 0.15) is 5.82 Å². The van der Waals surface area contributed by atoms with Crippen LogP contribution >= 0.6 is 0 Å². The van der Waals surface area contributed by atoms with E-state index in [9.17, 15) is 8.78 Å². The Morgan fingerprint density at radius 3 is 2.72 bits per heavy atom. The summed E-state index contributed by atoms with van der Waals surface area (Å²) in [7, 11) is 0. The van der Waals surface area contributed by atoms with E-state index in [2.05, 4.69) is 10.2 Å². The van der Waals surface area contributed by atoms with Gasteiger partial charge in [-0.3, -0.25) is 9.29 Å². The van der Waals surface area contributed by atoms with E-state index in [1.54, 1.807) is 6.07 Å². The van der Waals surface area contributed by atoms with Gasteiger partial charge in [-0.15, -0.1) is 0 Å². The van der Waals surface area contributed by atoms with Gasteiger partial charge in [-0.1, -0.05) is 17.7 Å². The smallest absolute Gasteiger partial charge is 0.128 e. The van der Waals surface area contributed by atoms with Crippen molar-refractivity contribution in [3.05, 3.63) is 35.1 Å². The third-order valence-electron chi connectivity index (χ3n) is 3.49. The Morgan fingerprint density at radius 2 is 2.06 bits per heavy atom. The number of piperazine rings is 1. The number of aryl methyl sites for hydroxylation is 1. The zero-order valence-corrected chi connectivity index (χ0v) is 10.8. The van der Waals surface area contributed by atoms with Crippen LogP contribution in [0.25, 0.3) is 0 Å². The van der Waals surface area contributed by atoms with E-state index in [0.29, 0.717) is 12.0 Å². The number of nitrogens with one attached hydrogen (secondary N) is 1. The van der Waals surface area contributed by atoms with Crippen molar-refractivity contribution in [1.29, 1.82) is 0 Å². The molecule has 1 N–H and O–H groups in total. The molecule has 0 unspecified atom stereocenters. The van der Waals surface area contributed by atoms with Gasteiger partial charge in [-0.2, -0.15) is 0 Å². The second-order valence-electron chi connectivity index (χ2n) is 4.80. The van der Waals surface area contributed by atoms with Crippen molar-refractivity contribution in [3.63, 3.8) is 0 Å². The van der Waals surface area contributed by atoms with Crippen molar-refractivity contribution in [2.45, 2.75) is 19.4 Å². The average molecular weight is 254 g/mol. The molecule has 0 aromatic heterocycles. The molecular weight excluding hydrogens is 234 g/mol. The summed E-state index contributed by atoms with van der Waals surface area (Å²) in [6.45, 7) is 4.98. The van der Waals surface area contributed by atoms with E-state index in [-0.39, 0.29) is 11.9 Å². The topological polar surface area (TPSA) is 15.3 Å². The molecule has 0 amide bonds. The first-order valence-corrected chi connectivity index (χ1v) is 6.49. The number of nitrogens with zero attached hydrogens (tertiary/aromatic N) is 1. The predicted molar refractivity (Wildman–Crippen MR) is 68.9 cm³/mol. The van der Waals surface area contributed by atoms with Crippen molar-refractivity contribution < 1.29 is 8.78 Å². The second kappa shape index (κ2) is 6.25. The third kappa shape index (κ3) is 3.06. The molecule has 1 aromatic carbocycles. The summed E-state index contributed by atoms with van der Waals surface area (Å²) in [5.41, 5.74) is 1.65. The van der Waals surface area contributed by atoms with Crippen LogP contribution in [-0.4, -0.2) is 37.8 Å². The fourth-order valence-corrected chi connectivity index (χ4v) is 2.55. The van der Waals surface area contributed by atoms with Crippen molar-refractivity contribution in [2.75, 3.05) is 32.9 Å². The molecule has 1 aromatic rings. The molecule has 1 aliphatic heterocycles. The van der Waals surface area contributed by atoms with Gasteiger partial charge in [0.05, 0.1) is 6.67 Å². The summed E-state index contributed by atoms with van der Waals surface area (Å²) in [6, 6.07) is 4.94. The third-order valence-corrected chi connectivity index (χ3v) is 3.49. The van der Waals surface area contributed by atoms with Crippen LogP contribution in [0.1, 0.15) is 23.6 Å². The second-order valence-corrected chi connectivity index (χ2v) is 4.80. The Morgan fingerprint density at radius 1 is 1.33 bits per heavy atom. The Bertz CT molecular complexity index is 389. The Kier molecular flexibility index (Phi) is 4.66. The van der Waals surface area contributed by atoms with Gasteiger partial charge in [0.25, 0.3) is 0 Å². The van der Waals surface area contributed by atoms with Crippen LogP contribution in [0.2, 0.25) is 0 Å². The molecule has 1 fully saturated rings. The number of halogens is 2. The highest BCUT2D eigenvalue weighted by Crippen LogP contribution is 2.27. The maximum Gasteiger partial charge on any atom is 0.128 e. The van der Waals surface area contributed by atoms with Gasteiger partial charge < -0.3 is 5.32 Å². The van der Waals surface area contributed by atoms with Gasteiger partial charge in [0.2, 0.25) is 0 Å². The Labute approximate surface area is 107 Å². The summed E-state index contributed by atoms with van der Waals surface area (Å²) in [4.78, 5) is 2.17. The first-order chi connectivity index (χ1) is 8.72. The van der Waals surface area contributed by atoms with Crippen molar-refractivity contribution >= 4 is 0 Å². The summed E-state index contributed by atoms with van der Waals surface area (Å²) >= 11 is 0. The van der Waals surface area contributed by atoms with Crippen LogP contribution in [0.15, 0.2) is 18.2 Å². The van der Waals surface area contributed by atoms with Crippen LogP contribution in [0.5, 0.6) is 0 Å². The predicted octanol–water partition coefficient (Wildman–Crippen LogP) is 2.44. The molecule has 0 aliphatic carbocycles. The standard InChI is InChI=1S/C14H20F2N2/c1-11-2-3-13(16)12(10-11)14(4-5-15)18-8-6-17-7-9-18/h2-3,10,14,17H,4-9H2,1H3/t14-/m0/s1. The lowest BCUT2D eigenvalue weighted by Gasteiger charge is -2.35. The summed E-state index contributed by atoms with van der Waals surface area (Å²) in [5.74, 6) is -0.224. The summed E-state index contributed by atoms with van der Waals surface area (Å²) in [5, 5.41) is 3.26. The molecule has 0 bridgehead atoms. The van der Waals surface area contributed by atoms with Gasteiger partial charge in [0, 0.05) is 37.8 Å². The number of hydrogen-bond donors (Lipinski definition) is 1. The minimum Gasteiger partial charge on any atom is -0.314 e. The maximum atomic E-state index is 13.9. The fraction of sp³-hybridized carbons (Fsp3) is 0.571. The van der Waals surface area contributed by atoms with Crippen LogP contribution < -0.4 is 5.32 Å². The van der Waals surface area contributed by atoms with Crippen molar-refractivity contribution in [3.8, 4) is 0 Å². The number of alkyl halides is 1. The molecule has 100 valence electrons. The quantitative estimate of drug-likeness (QED) is 0.888. The van der Waals surface area contributed by atoms with E-state index < -0.39 is 6.67 Å². The summed E-state index contributed by atoms with van der Waals surface area (Å²) in [6.07, 6.45) is 0.361. The average Bonchev–Trinajstić information content (AvgIpc) is 2.40. The normalized spacial score (nSPS) is 18.8. The van der Waals surface area contributed by atoms with E-state index in [0.717, 1.165) is 31.7 Å². The van der Waals surface area contributed by atoms with Crippen LogP contribution in [0.4, 0.5) is 8.78 Å². The molecule has 0 radical (unpaired) electrons. The number of hydrogen-bond acceptors (Lipinski definition) is 2. The van der Waals surface area contributed by atoms with Gasteiger partial charge in [0.15, 0.2) is 0 Å². The highest BCUT2D eigenvalue weighted by Gasteiger charge is 2.24. The Balaban J connectivity index is 2.24. The van der Waals surface area contributed by atoms with E-state index in [4.69, 9.17) is 0 Å². The zero-order chi connectivity index (χ0) is 13.0. The van der Waals surface area contributed by atoms with Crippen LogP contribution in [-0.2, 0) is 0 Å². The zero-order valence-electron chi connectivity index (χ0n) is 10.8. The lowest BCUT2D eigenvalue weighted by Crippen LogP contribution is -2.45. The number of rotatable bonds is 4. The first-order valence-electron chi connectivity index (χ1n) is 6.49. The molecule has 2 rings (SSSR count). The van der Waals surface area contributed by atoms with Gasteiger partial charge in [-0.25, -0.2) is 4.39 Å². The molecule has 1 atom stereocenters. The summed E-state index contributed by atoms with van der Waals surface area (Å²) < 4.78 is 26.7. The molecule has 18 heavy (non-hydrogen) atoms. The van der Waals surface area contributed by atoms with Gasteiger partial charge in [-0.05, 0) is 19.4 Å². The molecule has 2 nitrogen and oxygen atoms in total. The van der Waals surface area contributed by atoms with Crippen LogP contribution in [0, 0.1) is 12.7 Å². The fourth-order valence-electron chi connectivity index (χ4n) is 2.55.